The molecule has 0 aliphatic carbocycles. The number of aliphatic hydroxyl groups excluding tert-OH is 2. The van der Waals surface area contributed by atoms with Crippen LogP contribution in [-0.2, 0) is 6.54 Å². The fraction of sp³-hybridized carbons (Fsp3) is 0.500. The van der Waals surface area contributed by atoms with E-state index in [1.165, 1.54) is 4.90 Å². The van der Waals surface area contributed by atoms with E-state index in [1.807, 2.05) is 28.8 Å². The van der Waals surface area contributed by atoms with Crippen LogP contribution in [0.5, 0.6) is 0 Å². The van der Waals surface area contributed by atoms with E-state index >= 15 is 0 Å². The number of thioether (sulfide) groups is 1. The van der Waals surface area contributed by atoms with Crippen molar-refractivity contribution in [3.05, 3.63) is 40.5 Å². The quantitative estimate of drug-likeness (QED) is 0.616. The molecule has 2 aromatic rings. The normalized spacial score (nSPS) is 17.6. The van der Waals surface area contributed by atoms with Crippen LogP contribution in [0.3, 0.4) is 0 Å². The van der Waals surface area contributed by atoms with Gasteiger partial charge in [0.1, 0.15) is 0 Å². The van der Waals surface area contributed by atoms with E-state index in [1.54, 1.807) is 30.6 Å². The van der Waals surface area contributed by atoms with Gasteiger partial charge >= 0.3 is 0 Å². The number of nitrogens with zero attached hydrogens (tertiary/aromatic N) is 4. The molecule has 1 aromatic carbocycles. The Morgan fingerprint density at radius 2 is 2.00 bits per heavy atom. The summed E-state index contributed by atoms with van der Waals surface area (Å²) in [4.78, 5) is 21.0. The van der Waals surface area contributed by atoms with E-state index in [-0.39, 0.29) is 12.5 Å². The Kier molecular flexibility index (Phi) is 7.10. The van der Waals surface area contributed by atoms with Gasteiger partial charge in [-0.1, -0.05) is 42.4 Å². The fourth-order valence-electron chi connectivity index (χ4n) is 3.20. The molecule has 0 fully saturated rings. The van der Waals surface area contributed by atoms with Crippen molar-refractivity contribution in [3.63, 3.8) is 0 Å². The van der Waals surface area contributed by atoms with E-state index in [4.69, 9.17) is 11.6 Å². The third-order valence-corrected chi connectivity index (χ3v) is 6.25. The maximum absolute atomic E-state index is 13.3. The van der Waals surface area contributed by atoms with Crippen molar-refractivity contribution in [3.8, 4) is 0 Å². The van der Waals surface area contributed by atoms with Gasteiger partial charge in [0.15, 0.2) is 16.7 Å². The van der Waals surface area contributed by atoms with E-state index < -0.39 is 12.5 Å². The van der Waals surface area contributed by atoms with Crippen LogP contribution >= 0.6 is 23.4 Å². The molecule has 1 aliphatic heterocycles. The highest BCUT2D eigenvalue weighted by Crippen LogP contribution is 2.34. The molecule has 1 aromatic heterocycles. The lowest BCUT2D eigenvalue weighted by Crippen LogP contribution is -2.55. The monoisotopic (exact) mass is 438 g/mol. The molecular formula is C20H27ClN4O3S. The van der Waals surface area contributed by atoms with Crippen LogP contribution in [0.15, 0.2) is 29.4 Å². The molecule has 158 valence electrons. The van der Waals surface area contributed by atoms with Gasteiger partial charge in [-0.15, -0.1) is 0 Å². The average molecular weight is 439 g/mol. The molecule has 3 rings (SSSR count). The summed E-state index contributed by atoms with van der Waals surface area (Å²) in [6, 6.07) is 7.51. The smallest absolute Gasteiger partial charge is 0.277 e. The molecule has 2 N–H and O–H groups in total. The maximum Gasteiger partial charge on any atom is 0.277 e. The molecule has 0 saturated heterocycles. The van der Waals surface area contributed by atoms with Gasteiger partial charge in [0.2, 0.25) is 6.35 Å². The highest BCUT2D eigenvalue weighted by molar-refractivity contribution is 7.99. The van der Waals surface area contributed by atoms with Crippen LogP contribution in [0.4, 0.5) is 5.82 Å². The zero-order valence-corrected chi connectivity index (χ0v) is 18.4. The molecule has 7 nitrogen and oxygen atoms in total. The van der Waals surface area contributed by atoms with Gasteiger partial charge in [-0.2, -0.15) is 0 Å². The third kappa shape index (κ3) is 4.71. The van der Waals surface area contributed by atoms with Crippen LogP contribution in [-0.4, -0.2) is 62.4 Å². The Labute approximate surface area is 180 Å². The summed E-state index contributed by atoms with van der Waals surface area (Å²) in [5.74, 6) is 1.07. The molecule has 2 unspecified atom stereocenters. The van der Waals surface area contributed by atoms with E-state index in [2.05, 4.69) is 11.9 Å². The van der Waals surface area contributed by atoms with Crippen molar-refractivity contribution in [2.45, 2.75) is 50.8 Å². The fourth-order valence-corrected chi connectivity index (χ4v) is 4.18. The first-order valence-electron chi connectivity index (χ1n) is 9.71. The molecule has 9 heteroatoms. The zero-order chi connectivity index (χ0) is 21.1. The summed E-state index contributed by atoms with van der Waals surface area (Å²) in [7, 11) is 1.72. The van der Waals surface area contributed by atoms with Gasteiger partial charge in [0.25, 0.3) is 5.91 Å². The number of amides is 1. The van der Waals surface area contributed by atoms with Crippen LogP contribution in [0.25, 0.3) is 0 Å². The van der Waals surface area contributed by atoms with Gasteiger partial charge in [-0.05, 0) is 37.5 Å². The minimum Gasteiger partial charge on any atom is -0.393 e. The minimum absolute atomic E-state index is 0.255. The van der Waals surface area contributed by atoms with Crippen molar-refractivity contribution < 1.29 is 15.0 Å². The summed E-state index contributed by atoms with van der Waals surface area (Å²) in [6.45, 7) is 4.49. The highest BCUT2D eigenvalue weighted by Gasteiger charge is 2.39. The van der Waals surface area contributed by atoms with Crippen molar-refractivity contribution >= 4 is 35.1 Å². The van der Waals surface area contributed by atoms with Crippen molar-refractivity contribution in [2.24, 2.45) is 0 Å². The number of aromatic nitrogens is 2. The number of aliphatic hydroxyl groups is 2. The minimum atomic E-state index is -1.11. The number of hydrogen-bond donors (Lipinski definition) is 2. The lowest BCUT2D eigenvalue weighted by atomic mass is 10.2. The molecule has 0 saturated carbocycles. The summed E-state index contributed by atoms with van der Waals surface area (Å²) >= 11 is 7.60. The van der Waals surface area contributed by atoms with Crippen molar-refractivity contribution in [2.75, 3.05) is 24.2 Å². The summed E-state index contributed by atoms with van der Waals surface area (Å²) < 4.78 is 1.92. The maximum atomic E-state index is 13.3. The van der Waals surface area contributed by atoms with E-state index in [0.29, 0.717) is 29.5 Å². The Morgan fingerprint density at radius 1 is 1.31 bits per heavy atom. The van der Waals surface area contributed by atoms with Crippen LogP contribution in [0.2, 0.25) is 5.02 Å². The Bertz CT molecular complexity index is 856. The number of benzene rings is 1. The second-order valence-corrected chi connectivity index (χ2v) is 8.72. The molecule has 2 atom stereocenters. The number of fused-ring (bicyclic) bond motifs is 1. The number of anilines is 1. The number of rotatable bonds is 8. The molecule has 1 aliphatic rings. The van der Waals surface area contributed by atoms with Gasteiger partial charge in [0.05, 0.1) is 12.6 Å². The molecule has 1 amide bonds. The van der Waals surface area contributed by atoms with Crippen LogP contribution in [0, 0.1) is 0 Å². The van der Waals surface area contributed by atoms with Crippen LogP contribution in [0.1, 0.15) is 42.7 Å². The predicted octanol–water partition coefficient (Wildman–Crippen LogP) is 3.03. The lowest BCUT2D eigenvalue weighted by Gasteiger charge is -2.38. The van der Waals surface area contributed by atoms with E-state index in [0.717, 1.165) is 22.9 Å². The Hall–Kier alpha value is -1.74. The van der Waals surface area contributed by atoms with Gasteiger partial charge in [-0.3, -0.25) is 9.69 Å². The van der Waals surface area contributed by atoms with Crippen molar-refractivity contribution in [1.82, 2.24) is 14.5 Å². The summed E-state index contributed by atoms with van der Waals surface area (Å²) in [6.07, 6.45) is -0.307. The molecule has 0 spiro atoms. The summed E-state index contributed by atoms with van der Waals surface area (Å²) in [5.41, 5.74) is 1.46. The first kappa shape index (κ1) is 22.0. The van der Waals surface area contributed by atoms with E-state index in [9.17, 15) is 15.0 Å². The Balaban J connectivity index is 2.02. The molecule has 2 heterocycles. The summed E-state index contributed by atoms with van der Waals surface area (Å²) in [5, 5.41) is 21.7. The lowest BCUT2D eigenvalue weighted by molar-refractivity contribution is -0.00164. The van der Waals surface area contributed by atoms with Gasteiger partial charge in [0, 0.05) is 24.4 Å². The molecule has 0 bridgehead atoms. The Morgan fingerprint density at radius 3 is 2.62 bits per heavy atom. The first-order valence-corrected chi connectivity index (χ1v) is 11.1. The van der Waals surface area contributed by atoms with Crippen LogP contribution < -0.4 is 4.90 Å². The number of carbonyl (C=O) groups excluding carboxylic acids is 1. The zero-order valence-electron chi connectivity index (χ0n) is 16.9. The van der Waals surface area contributed by atoms with Gasteiger partial charge < -0.3 is 19.7 Å². The van der Waals surface area contributed by atoms with Crippen molar-refractivity contribution in [1.29, 1.82) is 0 Å². The number of imidazole rings is 1. The topological polar surface area (TPSA) is 81.8 Å². The molecule has 29 heavy (non-hydrogen) atoms. The first-order chi connectivity index (χ1) is 13.8. The number of halogens is 1. The second kappa shape index (κ2) is 9.38. The SMILES string of the molecule is CCCSc1nc2c(n1Cc1ccc(Cl)cc1)C(=O)N(CCC(C)O)C(O)N2C. The standard InChI is InChI=1S/C20H27ClN4O3S/c1-4-11-29-19-22-17-16(25(19)12-14-5-7-15(21)8-6-14)18(27)24(10-9-13(2)26)20(28)23(17)3/h5-8,13,20,26,28H,4,9-12H2,1-3H3. The molecular weight excluding hydrogens is 412 g/mol. The predicted molar refractivity (Wildman–Crippen MR) is 116 cm³/mol. The highest BCUT2D eigenvalue weighted by atomic mass is 35.5. The largest absolute Gasteiger partial charge is 0.393 e. The second-order valence-electron chi connectivity index (χ2n) is 7.22. The average Bonchev–Trinajstić information content (AvgIpc) is 3.04. The molecule has 0 radical (unpaired) electrons. The third-order valence-electron chi connectivity index (χ3n) is 4.81. The number of carbonyl (C=O) groups is 1. The number of hydrogen-bond acceptors (Lipinski definition) is 6. The van der Waals surface area contributed by atoms with Gasteiger partial charge in [-0.25, -0.2) is 4.98 Å².